The van der Waals surface area contributed by atoms with E-state index in [2.05, 4.69) is 20.8 Å². The molecule has 2 saturated heterocycles. The zero-order valence-electron chi connectivity index (χ0n) is 21.9. The van der Waals surface area contributed by atoms with Crippen LogP contribution in [0.25, 0.3) is 11.1 Å². The lowest BCUT2D eigenvalue weighted by Crippen LogP contribution is -2.51. The van der Waals surface area contributed by atoms with Gasteiger partial charge in [0.25, 0.3) is 5.56 Å². The van der Waals surface area contributed by atoms with Crippen molar-refractivity contribution in [1.29, 1.82) is 0 Å². The van der Waals surface area contributed by atoms with Gasteiger partial charge in [-0.25, -0.2) is 4.79 Å². The fourth-order valence-electron chi connectivity index (χ4n) is 5.68. The summed E-state index contributed by atoms with van der Waals surface area (Å²) in [6.45, 7) is 9.06. The van der Waals surface area contributed by atoms with Gasteiger partial charge in [-0.05, 0) is 48.4 Å². The smallest absolute Gasteiger partial charge is 0.410 e. The van der Waals surface area contributed by atoms with E-state index in [4.69, 9.17) is 14.2 Å². The van der Waals surface area contributed by atoms with Gasteiger partial charge in [-0.1, -0.05) is 38.1 Å². The number of rotatable bonds is 4. The largest absolute Gasteiger partial charge is 0.449 e. The van der Waals surface area contributed by atoms with Crippen molar-refractivity contribution in [2.24, 2.45) is 24.3 Å². The first kappa shape index (κ1) is 25.0. The van der Waals surface area contributed by atoms with Crippen molar-refractivity contribution >= 4 is 6.09 Å². The van der Waals surface area contributed by atoms with Crippen LogP contribution in [0.15, 0.2) is 47.4 Å². The van der Waals surface area contributed by atoms with Crippen LogP contribution in [0.1, 0.15) is 58.1 Å². The summed E-state index contributed by atoms with van der Waals surface area (Å²) < 4.78 is 19.6. The third kappa shape index (κ3) is 5.09. The molecule has 194 valence electrons. The molecule has 7 nitrogen and oxygen atoms in total. The van der Waals surface area contributed by atoms with Crippen molar-refractivity contribution in [2.75, 3.05) is 26.4 Å². The predicted molar refractivity (Wildman–Crippen MR) is 137 cm³/mol. The van der Waals surface area contributed by atoms with Crippen molar-refractivity contribution < 1.29 is 19.0 Å². The number of carbonyl (C=O) groups excluding carboxylic acids is 1. The molecule has 1 amide bonds. The van der Waals surface area contributed by atoms with Gasteiger partial charge in [0, 0.05) is 50.0 Å². The van der Waals surface area contributed by atoms with E-state index in [0.717, 1.165) is 55.6 Å². The third-order valence-electron chi connectivity index (χ3n) is 8.30. The number of nitrogens with zero attached hydrogens (tertiary/aromatic N) is 2. The minimum Gasteiger partial charge on any atom is -0.449 e. The first-order valence-electron chi connectivity index (χ1n) is 13.1. The van der Waals surface area contributed by atoms with Crippen molar-refractivity contribution in [3.05, 3.63) is 58.5 Å². The Kier molecular flexibility index (Phi) is 6.72. The molecule has 3 heterocycles. The van der Waals surface area contributed by atoms with Crippen LogP contribution in [0.4, 0.5) is 4.79 Å². The monoisotopic (exact) mass is 494 g/mol. The minimum absolute atomic E-state index is 0.0360. The summed E-state index contributed by atoms with van der Waals surface area (Å²) in [6.07, 6.45) is 5.38. The molecular weight excluding hydrogens is 456 g/mol. The van der Waals surface area contributed by atoms with Crippen LogP contribution >= 0.6 is 0 Å². The van der Waals surface area contributed by atoms with Crippen LogP contribution in [0.3, 0.4) is 0 Å². The van der Waals surface area contributed by atoms with Gasteiger partial charge < -0.3 is 23.7 Å². The molecule has 1 aromatic carbocycles. The van der Waals surface area contributed by atoms with Crippen LogP contribution in [0, 0.1) is 17.3 Å². The minimum atomic E-state index is -0.422. The van der Waals surface area contributed by atoms with Gasteiger partial charge in [0.05, 0.1) is 25.9 Å². The van der Waals surface area contributed by atoms with E-state index in [1.165, 1.54) is 0 Å². The van der Waals surface area contributed by atoms with E-state index >= 15 is 0 Å². The fraction of sp³-hybridized carbons (Fsp3) is 0.586. The lowest BCUT2D eigenvalue weighted by molar-refractivity contribution is -0.313. The number of hydrogen-bond acceptors (Lipinski definition) is 5. The Labute approximate surface area is 213 Å². The SMILES string of the molecule is C[C@@H](c1ccc(-c2ccn(C)c(=O)c2)cc1)N1CC(C2CCC3(CC2)OCC(C)(C)CO3)COC1=O. The molecule has 1 spiro atoms. The van der Waals surface area contributed by atoms with E-state index in [-0.39, 0.29) is 23.1 Å². The van der Waals surface area contributed by atoms with Gasteiger partial charge in [0.2, 0.25) is 0 Å². The Balaban J connectivity index is 1.22. The molecule has 1 saturated carbocycles. The molecule has 2 atom stereocenters. The number of cyclic esters (lactones) is 1. The van der Waals surface area contributed by atoms with E-state index in [0.29, 0.717) is 25.0 Å². The molecule has 2 aliphatic heterocycles. The molecule has 1 aromatic heterocycles. The second kappa shape index (κ2) is 9.67. The first-order chi connectivity index (χ1) is 17.1. The topological polar surface area (TPSA) is 70.0 Å². The maximum absolute atomic E-state index is 12.7. The molecule has 1 unspecified atom stereocenters. The average molecular weight is 495 g/mol. The van der Waals surface area contributed by atoms with Crippen molar-refractivity contribution in [3.63, 3.8) is 0 Å². The molecule has 0 N–H and O–H groups in total. The normalized spacial score (nSPS) is 24.9. The van der Waals surface area contributed by atoms with Crippen LogP contribution < -0.4 is 5.56 Å². The van der Waals surface area contributed by atoms with Crippen molar-refractivity contribution in [1.82, 2.24) is 9.47 Å². The molecular formula is C29H38N2O5. The first-order valence-corrected chi connectivity index (χ1v) is 13.1. The molecule has 3 aliphatic rings. The number of pyridine rings is 1. The number of ether oxygens (including phenoxy) is 3. The standard InChI is InChI=1S/C29H38N2O5/c1-20(21-5-7-22(8-6-21)24-11-14-30(4)26(32)15-24)31-16-25(17-34-27(31)33)23-9-12-29(13-10-23)35-18-28(2,3)19-36-29/h5-8,11,14-15,20,23,25H,9-10,12-13,16-19H2,1-4H3/t20-,25?/m0/s1. The Morgan fingerprint density at radius 2 is 1.61 bits per heavy atom. The highest BCUT2D eigenvalue weighted by molar-refractivity contribution is 5.69. The van der Waals surface area contributed by atoms with Gasteiger partial charge in [-0.3, -0.25) is 4.79 Å². The summed E-state index contributed by atoms with van der Waals surface area (Å²) in [7, 11) is 1.74. The Morgan fingerprint density at radius 3 is 2.25 bits per heavy atom. The van der Waals surface area contributed by atoms with Crippen LogP contribution in [0.2, 0.25) is 0 Å². The summed E-state index contributed by atoms with van der Waals surface area (Å²) in [5.41, 5.74) is 2.96. The van der Waals surface area contributed by atoms with Crippen molar-refractivity contribution in [3.8, 4) is 11.1 Å². The Bertz CT molecular complexity index is 1130. The highest BCUT2D eigenvalue weighted by Gasteiger charge is 2.45. The maximum atomic E-state index is 12.7. The summed E-state index contributed by atoms with van der Waals surface area (Å²) in [5, 5.41) is 0. The Morgan fingerprint density at radius 1 is 0.944 bits per heavy atom. The summed E-state index contributed by atoms with van der Waals surface area (Å²) in [4.78, 5) is 26.6. The summed E-state index contributed by atoms with van der Waals surface area (Å²) >= 11 is 0. The van der Waals surface area contributed by atoms with Gasteiger partial charge >= 0.3 is 6.09 Å². The zero-order chi connectivity index (χ0) is 25.5. The lowest BCUT2D eigenvalue weighted by atomic mass is 9.76. The molecule has 1 aliphatic carbocycles. The predicted octanol–water partition coefficient (Wildman–Crippen LogP) is 5.14. The average Bonchev–Trinajstić information content (AvgIpc) is 2.88. The number of aromatic nitrogens is 1. The zero-order valence-corrected chi connectivity index (χ0v) is 21.9. The third-order valence-corrected chi connectivity index (χ3v) is 8.30. The fourth-order valence-corrected chi connectivity index (χ4v) is 5.68. The molecule has 7 heteroatoms. The maximum Gasteiger partial charge on any atom is 0.410 e. The van der Waals surface area contributed by atoms with Gasteiger partial charge in [0.15, 0.2) is 5.79 Å². The molecule has 0 bridgehead atoms. The van der Waals surface area contributed by atoms with Gasteiger partial charge in [0.1, 0.15) is 0 Å². The number of hydrogen-bond donors (Lipinski definition) is 0. The highest BCUT2D eigenvalue weighted by Crippen LogP contribution is 2.44. The molecule has 0 radical (unpaired) electrons. The molecule has 5 rings (SSSR count). The lowest BCUT2D eigenvalue weighted by Gasteiger charge is -2.48. The second-order valence-electron chi connectivity index (χ2n) is 11.6. The van der Waals surface area contributed by atoms with E-state index in [1.807, 2.05) is 35.2 Å². The van der Waals surface area contributed by atoms with E-state index in [9.17, 15) is 9.59 Å². The number of aryl methyl sites for hydroxylation is 1. The number of benzene rings is 1. The number of carbonyl (C=O) groups is 1. The van der Waals surface area contributed by atoms with E-state index in [1.54, 1.807) is 23.9 Å². The quantitative estimate of drug-likeness (QED) is 0.589. The van der Waals surface area contributed by atoms with E-state index < -0.39 is 5.79 Å². The summed E-state index contributed by atoms with van der Waals surface area (Å²) in [6, 6.07) is 11.6. The molecule has 2 aromatic rings. The molecule has 3 fully saturated rings. The molecule has 36 heavy (non-hydrogen) atoms. The Hall–Kier alpha value is -2.64. The van der Waals surface area contributed by atoms with Crippen LogP contribution in [-0.2, 0) is 21.3 Å². The second-order valence-corrected chi connectivity index (χ2v) is 11.6. The van der Waals surface area contributed by atoms with Gasteiger partial charge in [-0.15, -0.1) is 0 Å². The summed E-state index contributed by atoms with van der Waals surface area (Å²) in [5.74, 6) is 0.376. The number of amides is 1. The highest BCUT2D eigenvalue weighted by atomic mass is 16.7. The van der Waals surface area contributed by atoms with Gasteiger partial charge in [-0.2, -0.15) is 0 Å². The van der Waals surface area contributed by atoms with Crippen LogP contribution in [-0.4, -0.2) is 47.7 Å². The van der Waals surface area contributed by atoms with Crippen molar-refractivity contribution in [2.45, 2.75) is 58.3 Å². The van der Waals surface area contributed by atoms with Crippen LogP contribution in [0.5, 0.6) is 0 Å².